The van der Waals surface area contributed by atoms with Crippen molar-refractivity contribution in [2.45, 2.75) is 31.4 Å². The normalized spacial score (nSPS) is 19.4. The van der Waals surface area contributed by atoms with Gasteiger partial charge in [0.2, 0.25) is 0 Å². The Morgan fingerprint density at radius 2 is 2.10 bits per heavy atom. The standard InChI is InChI=1S/C16H25ClN2O/c1-18-9-6-15(7-10-18)19(2)11-8-16(20)13-4-3-5-14(17)12-13/h3-5,12,15-16,20H,6-11H2,1-2H3. The van der Waals surface area contributed by atoms with Gasteiger partial charge in [0.05, 0.1) is 6.10 Å². The molecule has 1 unspecified atom stereocenters. The number of halogens is 1. The third-order valence-electron chi connectivity index (χ3n) is 4.30. The highest BCUT2D eigenvalue weighted by molar-refractivity contribution is 6.30. The average Bonchev–Trinajstić information content (AvgIpc) is 2.45. The topological polar surface area (TPSA) is 26.7 Å². The van der Waals surface area contributed by atoms with Crippen LogP contribution in [0.4, 0.5) is 0 Å². The number of piperidine rings is 1. The second kappa shape index (κ2) is 7.41. The summed E-state index contributed by atoms with van der Waals surface area (Å²) in [6, 6.07) is 8.16. The molecule has 1 saturated heterocycles. The van der Waals surface area contributed by atoms with E-state index >= 15 is 0 Å². The van der Waals surface area contributed by atoms with Crippen LogP contribution in [-0.4, -0.2) is 54.7 Å². The smallest absolute Gasteiger partial charge is 0.0802 e. The molecule has 0 amide bonds. The molecule has 2 rings (SSSR count). The van der Waals surface area contributed by atoms with Crippen LogP contribution in [0.15, 0.2) is 24.3 Å². The molecule has 3 nitrogen and oxygen atoms in total. The molecule has 1 aliphatic rings. The number of likely N-dealkylation sites (tertiary alicyclic amines) is 1. The van der Waals surface area contributed by atoms with Crippen molar-refractivity contribution in [3.8, 4) is 0 Å². The second-order valence-corrected chi connectivity index (χ2v) is 6.31. The fourth-order valence-electron chi connectivity index (χ4n) is 2.82. The van der Waals surface area contributed by atoms with Gasteiger partial charge < -0.3 is 14.9 Å². The molecular weight excluding hydrogens is 272 g/mol. The van der Waals surface area contributed by atoms with Crippen LogP contribution < -0.4 is 0 Å². The number of hydrogen-bond donors (Lipinski definition) is 1. The van der Waals surface area contributed by atoms with Crippen molar-refractivity contribution < 1.29 is 5.11 Å². The summed E-state index contributed by atoms with van der Waals surface area (Å²) in [6.45, 7) is 3.26. The summed E-state index contributed by atoms with van der Waals surface area (Å²) in [5.74, 6) is 0. The van der Waals surface area contributed by atoms with E-state index in [1.807, 2.05) is 24.3 Å². The second-order valence-electron chi connectivity index (χ2n) is 5.87. The van der Waals surface area contributed by atoms with Gasteiger partial charge in [-0.15, -0.1) is 0 Å². The number of rotatable bonds is 5. The Morgan fingerprint density at radius 1 is 1.40 bits per heavy atom. The van der Waals surface area contributed by atoms with Crippen molar-refractivity contribution in [1.29, 1.82) is 0 Å². The van der Waals surface area contributed by atoms with Crippen LogP contribution in [0, 0.1) is 0 Å². The Labute approximate surface area is 127 Å². The molecule has 1 atom stereocenters. The molecule has 0 radical (unpaired) electrons. The summed E-state index contributed by atoms with van der Waals surface area (Å²) in [6.07, 6.45) is 2.77. The highest BCUT2D eigenvalue weighted by Crippen LogP contribution is 2.22. The van der Waals surface area contributed by atoms with Crippen LogP contribution in [0.2, 0.25) is 5.02 Å². The third kappa shape index (κ3) is 4.45. The Bertz CT molecular complexity index is 419. The predicted octanol–water partition coefficient (Wildman–Crippen LogP) is 2.79. The van der Waals surface area contributed by atoms with E-state index in [1.54, 1.807) is 0 Å². The van der Waals surface area contributed by atoms with Crippen LogP contribution in [0.25, 0.3) is 0 Å². The summed E-state index contributed by atoms with van der Waals surface area (Å²) < 4.78 is 0. The van der Waals surface area contributed by atoms with Gasteiger partial charge in [-0.3, -0.25) is 0 Å². The van der Waals surface area contributed by atoms with Gasteiger partial charge in [-0.2, -0.15) is 0 Å². The lowest BCUT2D eigenvalue weighted by Crippen LogP contribution is -2.42. The first-order chi connectivity index (χ1) is 9.56. The minimum Gasteiger partial charge on any atom is -0.388 e. The molecule has 1 aromatic carbocycles. The molecule has 1 aliphatic heterocycles. The van der Waals surface area contributed by atoms with Crippen molar-refractivity contribution in [2.24, 2.45) is 0 Å². The summed E-state index contributed by atoms with van der Waals surface area (Å²) in [5.41, 5.74) is 0.911. The Morgan fingerprint density at radius 3 is 2.75 bits per heavy atom. The van der Waals surface area contributed by atoms with Crippen molar-refractivity contribution in [3.63, 3.8) is 0 Å². The summed E-state index contributed by atoms with van der Waals surface area (Å²) >= 11 is 5.96. The van der Waals surface area contributed by atoms with Gasteiger partial charge in [-0.1, -0.05) is 23.7 Å². The zero-order chi connectivity index (χ0) is 14.5. The van der Waals surface area contributed by atoms with Gasteiger partial charge in [-0.25, -0.2) is 0 Å². The molecule has 4 heteroatoms. The quantitative estimate of drug-likeness (QED) is 0.905. The van der Waals surface area contributed by atoms with Gasteiger partial charge >= 0.3 is 0 Å². The lowest BCUT2D eigenvalue weighted by Gasteiger charge is -2.35. The maximum atomic E-state index is 10.2. The number of benzene rings is 1. The Hall–Kier alpha value is -0.610. The summed E-state index contributed by atoms with van der Waals surface area (Å²) in [4.78, 5) is 4.77. The van der Waals surface area contributed by atoms with Gasteiger partial charge in [0.1, 0.15) is 0 Å². The van der Waals surface area contributed by atoms with Gasteiger partial charge in [0, 0.05) is 17.6 Å². The van der Waals surface area contributed by atoms with Crippen molar-refractivity contribution in [2.75, 3.05) is 33.7 Å². The summed E-state index contributed by atoms with van der Waals surface area (Å²) in [7, 11) is 4.35. The zero-order valence-corrected chi connectivity index (χ0v) is 13.2. The highest BCUT2D eigenvalue weighted by Gasteiger charge is 2.21. The molecule has 0 aromatic heterocycles. The molecular formula is C16H25ClN2O. The zero-order valence-electron chi connectivity index (χ0n) is 12.4. The molecule has 1 fully saturated rings. The van der Waals surface area contributed by atoms with Crippen molar-refractivity contribution >= 4 is 11.6 Å². The SMILES string of the molecule is CN1CCC(N(C)CCC(O)c2cccc(Cl)c2)CC1. The predicted molar refractivity (Wildman–Crippen MR) is 84.2 cm³/mol. The Kier molecular flexibility index (Phi) is 5.85. The van der Waals surface area contributed by atoms with E-state index in [2.05, 4.69) is 23.9 Å². The maximum absolute atomic E-state index is 10.2. The summed E-state index contributed by atoms with van der Waals surface area (Å²) in [5, 5.41) is 10.9. The van der Waals surface area contributed by atoms with Crippen molar-refractivity contribution in [1.82, 2.24) is 9.80 Å². The first kappa shape index (κ1) is 15.8. The minimum absolute atomic E-state index is 0.428. The van der Waals surface area contributed by atoms with E-state index in [-0.39, 0.29) is 0 Å². The van der Waals surface area contributed by atoms with Gasteiger partial charge in [0.25, 0.3) is 0 Å². The monoisotopic (exact) mass is 296 g/mol. The molecule has 0 bridgehead atoms. The third-order valence-corrected chi connectivity index (χ3v) is 4.54. The lowest BCUT2D eigenvalue weighted by molar-refractivity contribution is 0.110. The molecule has 1 heterocycles. The van der Waals surface area contributed by atoms with Crippen LogP contribution in [0.1, 0.15) is 30.9 Å². The molecule has 0 aliphatic carbocycles. The van der Waals surface area contributed by atoms with Gasteiger partial charge in [0.15, 0.2) is 0 Å². The van der Waals surface area contributed by atoms with Gasteiger partial charge in [-0.05, 0) is 64.1 Å². The van der Waals surface area contributed by atoms with Crippen LogP contribution in [-0.2, 0) is 0 Å². The number of hydrogen-bond acceptors (Lipinski definition) is 3. The molecule has 20 heavy (non-hydrogen) atoms. The fourth-order valence-corrected chi connectivity index (χ4v) is 3.02. The number of aliphatic hydroxyl groups excluding tert-OH is 1. The van der Waals surface area contributed by atoms with E-state index in [0.29, 0.717) is 11.1 Å². The van der Waals surface area contributed by atoms with E-state index in [0.717, 1.165) is 18.5 Å². The first-order valence-corrected chi connectivity index (χ1v) is 7.76. The largest absolute Gasteiger partial charge is 0.388 e. The maximum Gasteiger partial charge on any atom is 0.0802 e. The van der Waals surface area contributed by atoms with Crippen molar-refractivity contribution in [3.05, 3.63) is 34.9 Å². The highest BCUT2D eigenvalue weighted by atomic mass is 35.5. The fraction of sp³-hybridized carbons (Fsp3) is 0.625. The first-order valence-electron chi connectivity index (χ1n) is 7.38. The van der Waals surface area contributed by atoms with Crippen LogP contribution in [0.3, 0.4) is 0 Å². The molecule has 1 N–H and O–H groups in total. The van der Waals surface area contributed by atoms with Crippen LogP contribution >= 0.6 is 11.6 Å². The van der Waals surface area contributed by atoms with E-state index in [9.17, 15) is 5.11 Å². The van der Waals surface area contributed by atoms with E-state index in [4.69, 9.17) is 11.6 Å². The molecule has 1 aromatic rings. The number of aliphatic hydroxyl groups is 1. The van der Waals surface area contributed by atoms with Crippen LogP contribution in [0.5, 0.6) is 0 Å². The molecule has 0 spiro atoms. The lowest BCUT2D eigenvalue weighted by atomic mass is 10.0. The molecule has 0 saturated carbocycles. The Balaban J connectivity index is 1.79. The minimum atomic E-state index is -0.428. The number of nitrogens with zero attached hydrogens (tertiary/aromatic N) is 2. The van der Waals surface area contributed by atoms with E-state index < -0.39 is 6.10 Å². The molecule has 112 valence electrons. The van der Waals surface area contributed by atoms with E-state index in [1.165, 1.54) is 25.9 Å². The average molecular weight is 297 g/mol.